The molecule has 5 aromatic rings. The molecule has 3 aliphatic rings. The Morgan fingerprint density at radius 1 is 0.745 bits per heavy atom. The highest BCUT2D eigenvalue weighted by atomic mass is 32.7. The molecule has 29 heteroatoms. The van der Waals surface area contributed by atoms with Crippen molar-refractivity contribution >= 4 is 77.6 Å². The van der Waals surface area contributed by atoms with Crippen LogP contribution in [0, 0.1) is 11.8 Å². The maximum atomic E-state index is 16.7. The number of ether oxygens (including phenoxy) is 3. The fraction of sp³-hybridized carbons (Fsp3) is 0.692. The summed E-state index contributed by atoms with van der Waals surface area (Å²) in [6.45, 7) is 4.02. The fourth-order valence-corrected chi connectivity index (χ4v) is 16.5. The number of esters is 1. The van der Waals surface area contributed by atoms with Crippen molar-refractivity contribution in [1.82, 2.24) is 44.4 Å². The predicted molar refractivity (Wildman–Crippen MR) is 354 cm³/mol. The van der Waals surface area contributed by atoms with E-state index in [4.69, 9.17) is 38.0 Å². The average Bonchev–Trinajstić information content (AvgIpc) is 1.62. The number of nitrogens with zero attached hydrogens (tertiary/aromatic N) is 7. The molecule has 25 nitrogen and oxygen atoms in total. The van der Waals surface area contributed by atoms with Crippen LogP contribution in [0.5, 0.6) is 0 Å². The number of amides is 1. The third-order valence-corrected chi connectivity index (χ3v) is 22.4. The van der Waals surface area contributed by atoms with Gasteiger partial charge in [0.2, 0.25) is 5.91 Å². The largest absolute Gasteiger partial charge is 0.472 e. The van der Waals surface area contributed by atoms with Crippen LogP contribution >= 0.6 is 26.0 Å². The van der Waals surface area contributed by atoms with Gasteiger partial charge in [0.15, 0.2) is 40.8 Å². The van der Waals surface area contributed by atoms with Crippen LogP contribution in [0.15, 0.2) is 54.4 Å². The molecule has 8 rings (SSSR count). The molecule has 12 atom stereocenters. The van der Waals surface area contributed by atoms with Crippen molar-refractivity contribution in [2.45, 2.75) is 263 Å². The summed E-state index contributed by atoms with van der Waals surface area (Å²) in [5.74, 6) is -2.07. The summed E-state index contributed by atoms with van der Waals surface area (Å²) in [5.41, 5.74) is 7.15. The number of rotatable bonds is 38. The second kappa shape index (κ2) is 36.8. The van der Waals surface area contributed by atoms with Crippen LogP contribution in [0.25, 0.3) is 22.3 Å². The molecule has 5 N–H and O–H groups in total. The molecule has 3 saturated heterocycles. The number of Topliss-reactive ketones (excluding diaryl/α,β-unsaturated/α-hetero) is 2. The first-order chi connectivity index (χ1) is 45.2. The minimum Gasteiger partial charge on any atom is -0.462 e. The quantitative estimate of drug-likeness (QED) is 0.0162. The second-order valence-corrected chi connectivity index (χ2v) is 30.9. The molecule has 1 aromatic carbocycles. The number of nitrogens with two attached hydrogens (primary N) is 1. The van der Waals surface area contributed by atoms with Crippen molar-refractivity contribution in [2.75, 3.05) is 18.9 Å². The number of carbonyl (C=O) groups is 4. The number of phosphoric ester groups is 1. The van der Waals surface area contributed by atoms with Crippen molar-refractivity contribution in [2.24, 2.45) is 11.8 Å². The monoisotopic (exact) mass is 1370 g/mol. The Morgan fingerprint density at radius 2 is 1.35 bits per heavy atom. The lowest BCUT2D eigenvalue weighted by atomic mass is 9.87. The molecular formula is C65H97FN10O15P2S. The average molecular weight is 1370 g/mol. The van der Waals surface area contributed by atoms with E-state index in [1.807, 2.05) is 13.8 Å². The number of imidazole rings is 2. The molecule has 4 aromatic heterocycles. The van der Waals surface area contributed by atoms with Crippen LogP contribution in [0.3, 0.4) is 0 Å². The summed E-state index contributed by atoms with van der Waals surface area (Å²) in [6.07, 6.45) is 17.8. The third kappa shape index (κ3) is 21.8. The zero-order valence-electron chi connectivity index (χ0n) is 55.0. The van der Waals surface area contributed by atoms with Crippen molar-refractivity contribution < 1.29 is 69.9 Å². The smallest absolute Gasteiger partial charge is 0.462 e. The number of aromatic nitrogens is 8. The summed E-state index contributed by atoms with van der Waals surface area (Å²) in [4.78, 5) is 102. The van der Waals surface area contributed by atoms with Gasteiger partial charge in [-0.25, -0.2) is 38.4 Å². The Bertz CT molecular complexity index is 3400. The van der Waals surface area contributed by atoms with Crippen molar-refractivity contribution in [1.29, 1.82) is 0 Å². The molecule has 94 heavy (non-hydrogen) atoms. The number of fused-ring (bicyclic) bond motifs is 4. The van der Waals surface area contributed by atoms with Crippen LogP contribution in [0.1, 0.15) is 219 Å². The highest BCUT2D eigenvalue weighted by Gasteiger charge is 2.53. The molecular weight excluding hydrogens is 1270 g/mol. The van der Waals surface area contributed by atoms with E-state index in [-0.39, 0.29) is 83.0 Å². The third-order valence-electron chi connectivity index (χ3n) is 17.7. The molecule has 3 unspecified atom stereocenters. The second-order valence-electron chi connectivity index (χ2n) is 25.5. The van der Waals surface area contributed by atoms with Crippen molar-refractivity contribution in [3.05, 3.63) is 71.1 Å². The summed E-state index contributed by atoms with van der Waals surface area (Å²) >= 11 is 0.791. The van der Waals surface area contributed by atoms with E-state index in [1.165, 1.54) is 112 Å². The maximum absolute atomic E-state index is 16.7. The van der Waals surface area contributed by atoms with E-state index < -0.39 is 100 Å². The number of phosphoric acid groups is 1. The number of H-pyrrole nitrogens is 1. The van der Waals surface area contributed by atoms with Gasteiger partial charge in [-0.05, 0) is 54.6 Å². The van der Waals surface area contributed by atoms with Crippen LogP contribution in [0.2, 0.25) is 0 Å². The number of halogens is 1. The van der Waals surface area contributed by atoms with Gasteiger partial charge in [-0.2, -0.15) is 0 Å². The number of alkyl halides is 1. The number of anilines is 1. The highest BCUT2D eigenvalue weighted by Crippen LogP contribution is 2.65. The standard InChI is InChI=1S/C65H97FN10O15P2S/c1-6-8-10-12-14-16-17-19-21-23-25-27-55(79)87-48(26-24-22-20-18-15-13-11-9-7-2)33-47(77)34-49(43(3)4)63(80)74-44(5)50(78)32-45-28-30-46(31-29-45)38-94-93(84)86-37-53-59(56(66)65(89-53)76-42-72-57-60(67)68-39-69-61(57)76)91-92(82,83)85-36-52-51(90-93)35-54(88-52)75-41-73-58-62(75)70-40-71-64(58)81/h28-31,39-44,48-49,51-54,56,59,65H,6-27,32-38H2,1-5H3,(H,74,80)(H,82,83)(H2,67,68,69)(H,70,71,81)/t44-,48?,49-,51-,52+,53+,54+,56+,59+,65+,93?/m0/s1. The van der Waals surface area contributed by atoms with Crippen molar-refractivity contribution in [3.63, 3.8) is 0 Å². The van der Waals surface area contributed by atoms with Crippen LogP contribution in [-0.2, 0) is 72.8 Å². The normalized spacial score (nSPS) is 24.3. The van der Waals surface area contributed by atoms with Crippen molar-refractivity contribution in [3.8, 4) is 0 Å². The van der Waals surface area contributed by atoms with E-state index >= 15 is 8.96 Å². The highest BCUT2D eigenvalue weighted by molar-refractivity contribution is 8.54. The molecule has 0 spiro atoms. The lowest BCUT2D eigenvalue weighted by Gasteiger charge is -2.28. The molecule has 3 aliphatic heterocycles. The molecule has 520 valence electrons. The Kier molecular flexibility index (Phi) is 29.2. The van der Waals surface area contributed by atoms with Gasteiger partial charge in [-0.3, -0.25) is 51.2 Å². The number of carbonyl (C=O) groups excluding carboxylic acids is 4. The number of aromatic amines is 1. The first kappa shape index (κ1) is 74.5. The number of benzene rings is 1. The van der Waals surface area contributed by atoms with Gasteiger partial charge in [0.25, 0.3) is 5.56 Å². The molecule has 3 fully saturated rings. The summed E-state index contributed by atoms with van der Waals surface area (Å²) in [6, 6.07) is 6.02. The Labute approximate surface area is 553 Å². The molecule has 0 saturated carbocycles. The summed E-state index contributed by atoms with van der Waals surface area (Å²) in [5, 5.41) is 2.87. The Balaban J connectivity index is 0.868. The van der Waals surface area contributed by atoms with Crippen LogP contribution < -0.4 is 16.6 Å². The van der Waals surface area contributed by atoms with E-state index in [2.05, 4.69) is 49.1 Å². The lowest BCUT2D eigenvalue weighted by molar-refractivity contribution is -0.151. The van der Waals surface area contributed by atoms with E-state index in [1.54, 1.807) is 31.2 Å². The number of nitrogens with one attached hydrogen (secondary N) is 2. The van der Waals surface area contributed by atoms with E-state index in [0.29, 0.717) is 24.0 Å². The van der Waals surface area contributed by atoms with E-state index in [0.717, 1.165) is 62.7 Å². The number of hydrogen-bond donors (Lipinski definition) is 4. The first-order valence-corrected chi connectivity index (χ1v) is 38.5. The predicted octanol–water partition coefficient (Wildman–Crippen LogP) is 12.8. The SMILES string of the molecule is CCCCCCCCCCCCCC(=O)OC(CCCCCCCCCCC)CC(=O)C[C@H](C(=O)N[C@@H](C)C(=O)Cc1ccc(CSP2(=O)OC[C@H]3O[C@@H](n4cnc5c(N)ncnc54)[C@H](F)[C@@H]3OP(=O)(O)OC[C@H]3O[C@@H](n4cnc5c(=O)[nH]cnc54)C[C@@H]3O2)cc1)C(C)C. The number of nitrogen functional groups attached to an aromatic ring is 1. The maximum Gasteiger partial charge on any atom is 0.472 e. The molecule has 1 amide bonds. The molecule has 0 aliphatic carbocycles. The zero-order chi connectivity index (χ0) is 67.2. The van der Waals surface area contributed by atoms with Gasteiger partial charge in [0, 0.05) is 43.8 Å². The molecule has 0 bridgehead atoms. The van der Waals surface area contributed by atoms with Crippen LogP contribution in [0.4, 0.5) is 10.2 Å². The number of ketones is 2. The Hall–Kier alpha value is -5.34. The summed E-state index contributed by atoms with van der Waals surface area (Å²) in [7, 11) is -5.12. The number of unbranched alkanes of at least 4 members (excludes halogenated alkanes) is 18. The van der Waals surface area contributed by atoms with Gasteiger partial charge in [0.1, 0.15) is 54.4 Å². The van der Waals surface area contributed by atoms with Gasteiger partial charge in [0.05, 0.1) is 38.2 Å². The van der Waals surface area contributed by atoms with Crippen LogP contribution in [-0.4, -0.2) is 123 Å². The van der Waals surface area contributed by atoms with Gasteiger partial charge < -0.3 is 35.1 Å². The van der Waals surface area contributed by atoms with Gasteiger partial charge in [-0.15, -0.1) is 0 Å². The Morgan fingerprint density at radius 3 is 2.02 bits per heavy atom. The fourth-order valence-electron chi connectivity index (χ4n) is 12.2. The van der Waals surface area contributed by atoms with Gasteiger partial charge in [-0.1, -0.05) is 168 Å². The topological polar surface area (TPSA) is 332 Å². The van der Waals surface area contributed by atoms with E-state index in [9.17, 15) is 33.4 Å². The number of hydrogen-bond acceptors (Lipinski definition) is 21. The lowest BCUT2D eigenvalue weighted by Crippen LogP contribution is -2.44. The first-order valence-electron chi connectivity index (χ1n) is 33.9. The summed E-state index contributed by atoms with van der Waals surface area (Å²) < 4.78 is 90.1. The molecule has 7 heterocycles. The minimum absolute atomic E-state index is 0.0130. The van der Waals surface area contributed by atoms with Gasteiger partial charge >= 0.3 is 20.6 Å². The zero-order valence-corrected chi connectivity index (χ0v) is 57.6. The molecule has 0 radical (unpaired) electrons. The minimum atomic E-state index is -5.12.